The molecule has 1 saturated heterocycles. The zero-order valence-electron chi connectivity index (χ0n) is 18.8. The number of aryl methyl sites for hydroxylation is 2. The third-order valence-electron chi connectivity index (χ3n) is 4.89. The molecule has 0 saturated carbocycles. The Morgan fingerprint density at radius 2 is 1.88 bits per heavy atom. The molecule has 1 aliphatic rings. The van der Waals surface area contributed by atoms with Gasteiger partial charge < -0.3 is 14.8 Å². The van der Waals surface area contributed by atoms with Crippen LogP contribution in [0.2, 0.25) is 0 Å². The van der Waals surface area contributed by atoms with E-state index in [2.05, 4.69) is 11.9 Å². The molecule has 0 atom stereocenters. The molecule has 0 aliphatic carbocycles. The van der Waals surface area contributed by atoms with E-state index in [1.807, 2.05) is 32.9 Å². The van der Waals surface area contributed by atoms with Crippen LogP contribution in [0.4, 0.5) is 10.5 Å². The van der Waals surface area contributed by atoms with Crippen molar-refractivity contribution in [2.45, 2.75) is 20.8 Å². The van der Waals surface area contributed by atoms with Crippen molar-refractivity contribution in [2.24, 2.45) is 0 Å². The number of amides is 3. The van der Waals surface area contributed by atoms with Gasteiger partial charge in [-0.25, -0.2) is 0 Å². The molecule has 0 bridgehead atoms. The second-order valence-electron chi connectivity index (χ2n) is 7.35. The van der Waals surface area contributed by atoms with Crippen LogP contribution in [0.15, 0.2) is 54.0 Å². The molecule has 2 aromatic rings. The number of rotatable bonds is 9. The lowest BCUT2D eigenvalue weighted by molar-refractivity contribution is -0.127. The lowest BCUT2D eigenvalue weighted by atomic mass is 10.1. The Morgan fingerprint density at radius 3 is 2.58 bits per heavy atom. The molecule has 0 spiro atoms. The number of anilines is 1. The maximum atomic E-state index is 12.8. The van der Waals surface area contributed by atoms with Gasteiger partial charge in [-0.2, -0.15) is 0 Å². The standard InChI is InChI=1S/C25H26N2O5S/c1-5-11-32-20-10-8-18(13-21(20)31-6-2)14-22-24(29)27(25(30)33-22)15-23(28)26-19-9-7-16(3)17(4)12-19/h5,7-10,12-14H,1,6,11,15H2,2-4H3,(H,26,28)/b22-14-. The van der Waals surface area contributed by atoms with E-state index in [-0.39, 0.29) is 11.4 Å². The van der Waals surface area contributed by atoms with Crippen LogP contribution >= 0.6 is 11.8 Å². The van der Waals surface area contributed by atoms with Crippen molar-refractivity contribution in [1.82, 2.24) is 4.90 Å². The highest BCUT2D eigenvalue weighted by molar-refractivity contribution is 8.18. The molecule has 172 valence electrons. The van der Waals surface area contributed by atoms with Crippen LogP contribution in [0.25, 0.3) is 6.08 Å². The molecule has 7 nitrogen and oxygen atoms in total. The van der Waals surface area contributed by atoms with E-state index in [4.69, 9.17) is 9.47 Å². The average Bonchev–Trinajstić information content (AvgIpc) is 3.03. The summed E-state index contributed by atoms with van der Waals surface area (Å²) in [5.74, 6) is 0.138. The smallest absolute Gasteiger partial charge is 0.294 e. The van der Waals surface area contributed by atoms with Gasteiger partial charge in [0.2, 0.25) is 5.91 Å². The van der Waals surface area contributed by atoms with Crippen LogP contribution in [-0.2, 0) is 9.59 Å². The molecule has 0 aromatic heterocycles. The van der Waals surface area contributed by atoms with Crippen molar-refractivity contribution in [3.05, 3.63) is 70.6 Å². The summed E-state index contributed by atoms with van der Waals surface area (Å²) in [6.45, 7) is 9.84. The fourth-order valence-electron chi connectivity index (χ4n) is 3.10. The topological polar surface area (TPSA) is 84.9 Å². The van der Waals surface area contributed by atoms with E-state index in [9.17, 15) is 14.4 Å². The van der Waals surface area contributed by atoms with E-state index in [0.29, 0.717) is 36.0 Å². The summed E-state index contributed by atoms with van der Waals surface area (Å²) in [6, 6.07) is 10.8. The molecule has 0 unspecified atom stereocenters. The van der Waals surface area contributed by atoms with Gasteiger partial charge in [-0.3, -0.25) is 19.3 Å². The fraction of sp³-hybridized carbons (Fsp3) is 0.240. The van der Waals surface area contributed by atoms with E-state index in [0.717, 1.165) is 27.8 Å². The maximum Gasteiger partial charge on any atom is 0.294 e. The SMILES string of the molecule is C=CCOc1ccc(/C=C2\SC(=O)N(CC(=O)Nc3ccc(C)c(C)c3)C2=O)cc1OCC. The number of carbonyl (C=O) groups excluding carboxylic acids is 3. The number of hydrogen-bond acceptors (Lipinski definition) is 6. The predicted molar refractivity (Wildman–Crippen MR) is 131 cm³/mol. The van der Waals surface area contributed by atoms with Gasteiger partial charge in [-0.05, 0) is 79.6 Å². The molecule has 3 amide bonds. The molecular formula is C25H26N2O5S. The Labute approximate surface area is 197 Å². The van der Waals surface area contributed by atoms with Crippen molar-refractivity contribution in [2.75, 3.05) is 25.1 Å². The van der Waals surface area contributed by atoms with Gasteiger partial charge in [-0.1, -0.05) is 24.8 Å². The Bertz CT molecular complexity index is 1130. The number of ether oxygens (including phenoxy) is 2. The van der Waals surface area contributed by atoms with Crippen LogP contribution < -0.4 is 14.8 Å². The van der Waals surface area contributed by atoms with Gasteiger partial charge in [0.15, 0.2) is 11.5 Å². The van der Waals surface area contributed by atoms with Crippen LogP contribution in [-0.4, -0.2) is 41.7 Å². The molecular weight excluding hydrogens is 440 g/mol. The van der Waals surface area contributed by atoms with Gasteiger partial charge in [-0.15, -0.1) is 0 Å². The van der Waals surface area contributed by atoms with E-state index in [1.54, 1.807) is 36.4 Å². The zero-order valence-corrected chi connectivity index (χ0v) is 19.7. The summed E-state index contributed by atoms with van der Waals surface area (Å²) in [7, 11) is 0. The third-order valence-corrected chi connectivity index (χ3v) is 5.80. The minimum absolute atomic E-state index is 0.237. The molecule has 1 aliphatic heterocycles. The summed E-state index contributed by atoms with van der Waals surface area (Å²) < 4.78 is 11.2. The quantitative estimate of drug-likeness (QED) is 0.416. The first-order valence-corrected chi connectivity index (χ1v) is 11.3. The first kappa shape index (κ1) is 24.1. The Morgan fingerprint density at radius 1 is 1.09 bits per heavy atom. The minimum Gasteiger partial charge on any atom is -0.490 e. The first-order valence-electron chi connectivity index (χ1n) is 10.5. The van der Waals surface area contributed by atoms with Crippen molar-refractivity contribution in [3.8, 4) is 11.5 Å². The number of imide groups is 1. The Kier molecular flexibility index (Phi) is 7.95. The Hall–Kier alpha value is -3.52. The fourth-order valence-corrected chi connectivity index (χ4v) is 3.94. The highest BCUT2D eigenvalue weighted by Gasteiger charge is 2.36. The highest BCUT2D eigenvalue weighted by atomic mass is 32.2. The van der Waals surface area contributed by atoms with Crippen molar-refractivity contribution >= 4 is 40.6 Å². The van der Waals surface area contributed by atoms with Gasteiger partial charge in [0.1, 0.15) is 13.2 Å². The van der Waals surface area contributed by atoms with Crippen molar-refractivity contribution in [3.63, 3.8) is 0 Å². The molecule has 1 fully saturated rings. The third kappa shape index (κ3) is 6.04. The van der Waals surface area contributed by atoms with E-state index in [1.165, 1.54) is 0 Å². The number of carbonyl (C=O) groups is 3. The number of benzene rings is 2. The van der Waals surface area contributed by atoms with E-state index >= 15 is 0 Å². The van der Waals surface area contributed by atoms with Gasteiger partial charge in [0.05, 0.1) is 11.5 Å². The number of nitrogens with one attached hydrogen (secondary N) is 1. The normalized spacial score (nSPS) is 14.5. The summed E-state index contributed by atoms with van der Waals surface area (Å²) in [5.41, 5.74) is 3.44. The largest absolute Gasteiger partial charge is 0.490 e. The number of nitrogens with zero attached hydrogens (tertiary/aromatic N) is 1. The predicted octanol–water partition coefficient (Wildman–Crippen LogP) is 4.94. The lowest BCUT2D eigenvalue weighted by Gasteiger charge is -2.13. The molecule has 2 aromatic carbocycles. The second-order valence-corrected chi connectivity index (χ2v) is 8.35. The Balaban J connectivity index is 1.72. The van der Waals surface area contributed by atoms with Gasteiger partial charge in [0.25, 0.3) is 11.1 Å². The second kappa shape index (κ2) is 10.9. The average molecular weight is 467 g/mol. The van der Waals surface area contributed by atoms with Gasteiger partial charge >= 0.3 is 0 Å². The maximum absolute atomic E-state index is 12.8. The molecule has 33 heavy (non-hydrogen) atoms. The van der Waals surface area contributed by atoms with Crippen LogP contribution in [0.3, 0.4) is 0 Å². The minimum atomic E-state index is -0.509. The molecule has 1 heterocycles. The number of thioether (sulfide) groups is 1. The van der Waals surface area contributed by atoms with Crippen molar-refractivity contribution < 1.29 is 23.9 Å². The van der Waals surface area contributed by atoms with Crippen LogP contribution in [0.1, 0.15) is 23.6 Å². The molecule has 0 radical (unpaired) electrons. The molecule has 1 N–H and O–H groups in total. The van der Waals surface area contributed by atoms with Crippen molar-refractivity contribution in [1.29, 1.82) is 0 Å². The summed E-state index contributed by atoms with van der Waals surface area (Å²) >= 11 is 0.800. The highest BCUT2D eigenvalue weighted by Crippen LogP contribution is 2.34. The van der Waals surface area contributed by atoms with Crippen LogP contribution in [0.5, 0.6) is 11.5 Å². The summed E-state index contributed by atoms with van der Waals surface area (Å²) in [4.78, 5) is 38.8. The van der Waals surface area contributed by atoms with Crippen LogP contribution in [0, 0.1) is 13.8 Å². The van der Waals surface area contributed by atoms with Gasteiger partial charge in [0, 0.05) is 5.69 Å². The molecule has 3 rings (SSSR count). The molecule has 8 heteroatoms. The zero-order chi connectivity index (χ0) is 24.0. The number of hydrogen-bond donors (Lipinski definition) is 1. The summed E-state index contributed by atoms with van der Waals surface area (Å²) in [5, 5.41) is 2.25. The summed E-state index contributed by atoms with van der Waals surface area (Å²) in [6.07, 6.45) is 3.24. The van der Waals surface area contributed by atoms with E-state index < -0.39 is 17.1 Å². The first-order chi connectivity index (χ1) is 15.8. The monoisotopic (exact) mass is 466 g/mol. The lowest BCUT2D eigenvalue weighted by Crippen LogP contribution is -2.36.